The molecular weight excluding hydrogens is 543 g/mol. The number of thioether (sulfide) groups is 1. The van der Waals surface area contributed by atoms with E-state index in [1.165, 1.54) is 23.4 Å². The lowest BCUT2D eigenvalue weighted by Gasteiger charge is -2.31. The number of piperidine rings is 1. The number of aromatic nitrogens is 4. The molecule has 0 saturated carbocycles. The third-order valence-corrected chi connectivity index (χ3v) is 8.26. The minimum absolute atomic E-state index is 0.0263. The van der Waals surface area contributed by atoms with E-state index in [1.54, 1.807) is 19.1 Å². The van der Waals surface area contributed by atoms with Crippen LogP contribution in [-0.4, -0.2) is 54.7 Å². The Morgan fingerprint density at radius 2 is 1.82 bits per heavy atom. The molecule has 12 heteroatoms. The fourth-order valence-electron chi connectivity index (χ4n) is 4.76. The number of para-hydroxylation sites is 1. The number of benzene rings is 2. The van der Waals surface area contributed by atoms with Gasteiger partial charge >= 0.3 is 12.1 Å². The highest BCUT2D eigenvalue weighted by atomic mass is 32.2. The SMILES string of the molecule is Cc1cccc2c(=O)n(OC(=O)C(F)(F)F)c(CSC3CCN(Cc4cncn4Cc4ccccc4)CC3)nc12. The molecule has 0 radical (unpaired) electrons. The van der Waals surface area contributed by atoms with Gasteiger partial charge in [-0.2, -0.15) is 24.9 Å². The van der Waals surface area contributed by atoms with Gasteiger partial charge in [0.1, 0.15) is 0 Å². The first-order valence-electron chi connectivity index (χ1n) is 12.9. The number of imidazole rings is 1. The number of nitrogens with zero attached hydrogens (tertiary/aromatic N) is 5. The summed E-state index contributed by atoms with van der Waals surface area (Å²) in [6, 6.07) is 15.0. The zero-order valence-corrected chi connectivity index (χ0v) is 22.6. The van der Waals surface area contributed by atoms with Crippen LogP contribution < -0.4 is 10.4 Å². The number of carbonyl (C=O) groups is 1. The molecule has 210 valence electrons. The molecule has 0 aliphatic carbocycles. The number of alkyl halides is 3. The van der Waals surface area contributed by atoms with Crippen LogP contribution in [0.15, 0.2) is 65.8 Å². The monoisotopic (exact) mass is 571 g/mol. The molecule has 40 heavy (non-hydrogen) atoms. The lowest BCUT2D eigenvalue weighted by molar-refractivity contribution is -0.200. The zero-order valence-electron chi connectivity index (χ0n) is 21.8. The van der Waals surface area contributed by atoms with Crippen LogP contribution in [0.3, 0.4) is 0 Å². The second-order valence-corrected chi connectivity index (χ2v) is 11.0. The molecule has 5 rings (SSSR count). The molecule has 8 nitrogen and oxygen atoms in total. The number of halogens is 3. The fraction of sp³-hybridized carbons (Fsp3) is 0.357. The summed E-state index contributed by atoms with van der Waals surface area (Å²) in [6.45, 7) is 4.96. The number of likely N-dealkylation sites (tertiary alicyclic amines) is 1. The molecule has 0 N–H and O–H groups in total. The van der Waals surface area contributed by atoms with E-state index in [-0.39, 0.29) is 22.2 Å². The number of hydrogen-bond acceptors (Lipinski definition) is 7. The Balaban J connectivity index is 1.24. The number of fused-ring (bicyclic) bond motifs is 1. The molecule has 0 amide bonds. The van der Waals surface area contributed by atoms with Gasteiger partial charge in [0.05, 0.1) is 28.7 Å². The van der Waals surface area contributed by atoms with Gasteiger partial charge in [-0.3, -0.25) is 9.69 Å². The smallest absolute Gasteiger partial charge is 0.329 e. The summed E-state index contributed by atoms with van der Waals surface area (Å²) in [7, 11) is 0. The van der Waals surface area contributed by atoms with Crippen molar-refractivity contribution in [3.05, 3.63) is 94.1 Å². The number of aryl methyl sites for hydroxylation is 1. The third kappa shape index (κ3) is 6.39. The molecule has 3 heterocycles. The van der Waals surface area contributed by atoms with E-state index in [9.17, 15) is 22.8 Å². The van der Waals surface area contributed by atoms with Gasteiger partial charge < -0.3 is 9.40 Å². The number of rotatable bonds is 8. The summed E-state index contributed by atoms with van der Waals surface area (Å²) < 4.78 is 41.3. The molecule has 1 fully saturated rings. The predicted molar refractivity (Wildman–Crippen MR) is 146 cm³/mol. The van der Waals surface area contributed by atoms with E-state index < -0.39 is 17.7 Å². The Labute approximate surface area is 232 Å². The normalized spacial score (nSPS) is 15.0. The average Bonchev–Trinajstić information content (AvgIpc) is 3.36. The predicted octanol–water partition coefficient (Wildman–Crippen LogP) is 4.37. The summed E-state index contributed by atoms with van der Waals surface area (Å²) in [5, 5.41) is 0.297. The maximum absolute atomic E-state index is 13.0. The maximum atomic E-state index is 13.0. The molecule has 0 atom stereocenters. The van der Waals surface area contributed by atoms with Gasteiger partial charge in [-0.15, -0.1) is 4.73 Å². The largest absolute Gasteiger partial charge is 0.493 e. The first-order chi connectivity index (χ1) is 19.2. The average molecular weight is 572 g/mol. The fourth-order valence-corrected chi connectivity index (χ4v) is 5.87. The zero-order chi connectivity index (χ0) is 28.3. The van der Waals surface area contributed by atoms with E-state index >= 15 is 0 Å². The van der Waals surface area contributed by atoms with Crippen molar-refractivity contribution in [3.63, 3.8) is 0 Å². The summed E-state index contributed by atoms with van der Waals surface area (Å²) in [5.74, 6) is -2.37. The van der Waals surface area contributed by atoms with Gasteiger partial charge in [0.25, 0.3) is 5.56 Å². The Hall–Kier alpha value is -3.64. The van der Waals surface area contributed by atoms with E-state index in [0.29, 0.717) is 15.8 Å². The van der Waals surface area contributed by atoms with Crippen molar-refractivity contribution < 1.29 is 22.8 Å². The van der Waals surface area contributed by atoms with E-state index in [0.717, 1.165) is 44.7 Å². The molecule has 4 aromatic rings. The summed E-state index contributed by atoms with van der Waals surface area (Å²) in [6.07, 6.45) is 0.203. The topological polar surface area (TPSA) is 82.3 Å². The van der Waals surface area contributed by atoms with Crippen molar-refractivity contribution in [1.82, 2.24) is 24.2 Å². The second-order valence-electron chi connectivity index (χ2n) is 9.76. The molecule has 2 aromatic heterocycles. The Bertz CT molecular complexity index is 1550. The van der Waals surface area contributed by atoms with Crippen LogP contribution in [0.2, 0.25) is 0 Å². The van der Waals surface area contributed by atoms with Crippen LogP contribution in [0.25, 0.3) is 10.9 Å². The molecule has 2 aromatic carbocycles. The van der Waals surface area contributed by atoms with E-state index in [1.807, 2.05) is 30.7 Å². The van der Waals surface area contributed by atoms with Crippen molar-refractivity contribution >= 4 is 28.6 Å². The lowest BCUT2D eigenvalue weighted by atomic mass is 10.1. The third-order valence-electron chi connectivity index (χ3n) is 6.90. The van der Waals surface area contributed by atoms with E-state index in [2.05, 4.69) is 36.4 Å². The first kappa shape index (κ1) is 27.9. The molecular formula is C28H28F3N5O3S. The molecule has 0 bridgehead atoms. The van der Waals surface area contributed by atoms with Crippen molar-refractivity contribution in [2.24, 2.45) is 0 Å². The van der Waals surface area contributed by atoms with Crippen molar-refractivity contribution in [2.45, 2.75) is 50.0 Å². The highest BCUT2D eigenvalue weighted by Gasteiger charge is 2.42. The van der Waals surface area contributed by atoms with Crippen LogP contribution in [0.5, 0.6) is 0 Å². The van der Waals surface area contributed by atoms with Crippen molar-refractivity contribution in [2.75, 3.05) is 13.1 Å². The van der Waals surface area contributed by atoms with Crippen molar-refractivity contribution in [1.29, 1.82) is 0 Å². The van der Waals surface area contributed by atoms with Gasteiger partial charge in [0.15, 0.2) is 5.82 Å². The highest BCUT2D eigenvalue weighted by Crippen LogP contribution is 2.27. The van der Waals surface area contributed by atoms with Crippen LogP contribution in [0, 0.1) is 6.92 Å². The van der Waals surface area contributed by atoms with Crippen LogP contribution in [0.4, 0.5) is 13.2 Å². The van der Waals surface area contributed by atoms with Crippen LogP contribution in [0.1, 0.15) is 35.5 Å². The molecule has 1 aliphatic heterocycles. The molecule has 1 aliphatic rings. The van der Waals surface area contributed by atoms with E-state index in [4.69, 9.17) is 0 Å². The number of carbonyl (C=O) groups excluding carboxylic acids is 1. The second kappa shape index (κ2) is 11.8. The first-order valence-corrected chi connectivity index (χ1v) is 13.9. The van der Waals surface area contributed by atoms with Crippen LogP contribution in [-0.2, 0) is 23.6 Å². The molecule has 0 spiro atoms. The maximum Gasteiger partial charge on any atom is 0.493 e. The molecule has 1 saturated heterocycles. The Kier molecular flexibility index (Phi) is 8.27. The standard InChI is InChI=1S/C28H28F3N5O3S/c1-19-6-5-9-23-25(19)33-24(36(26(23)37)39-27(38)28(29,30)31)17-40-22-10-12-34(13-11-22)16-21-14-32-18-35(21)15-20-7-3-2-4-8-20/h2-9,14,18,22H,10-13,15-17H2,1H3. The number of hydrogen-bond donors (Lipinski definition) is 0. The summed E-state index contributed by atoms with van der Waals surface area (Å²) >= 11 is 1.50. The van der Waals surface area contributed by atoms with Gasteiger partial charge in [0.2, 0.25) is 0 Å². The summed E-state index contributed by atoms with van der Waals surface area (Å²) in [4.78, 5) is 40.2. The van der Waals surface area contributed by atoms with Gasteiger partial charge in [0, 0.05) is 24.5 Å². The minimum atomic E-state index is -5.24. The van der Waals surface area contributed by atoms with Gasteiger partial charge in [-0.05, 0) is 50.0 Å². The van der Waals surface area contributed by atoms with Gasteiger partial charge in [-0.1, -0.05) is 42.5 Å². The highest BCUT2D eigenvalue weighted by molar-refractivity contribution is 7.99. The Morgan fingerprint density at radius 1 is 1.07 bits per heavy atom. The lowest BCUT2D eigenvalue weighted by Crippen LogP contribution is -2.40. The van der Waals surface area contributed by atoms with Crippen molar-refractivity contribution in [3.8, 4) is 0 Å². The summed E-state index contributed by atoms with van der Waals surface area (Å²) in [5.41, 5.74) is 2.57. The van der Waals surface area contributed by atoms with Gasteiger partial charge in [-0.25, -0.2) is 14.8 Å². The minimum Gasteiger partial charge on any atom is -0.329 e. The Morgan fingerprint density at radius 3 is 2.55 bits per heavy atom. The molecule has 0 unspecified atom stereocenters. The quantitative estimate of drug-likeness (QED) is 0.311. The van der Waals surface area contributed by atoms with Crippen LogP contribution >= 0.6 is 11.8 Å².